The lowest BCUT2D eigenvalue weighted by atomic mass is 10.2. The summed E-state index contributed by atoms with van der Waals surface area (Å²) in [6.45, 7) is 3.72. The molecule has 25 heavy (non-hydrogen) atoms. The summed E-state index contributed by atoms with van der Waals surface area (Å²) < 4.78 is 1.40. The summed E-state index contributed by atoms with van der Waals surface area (Å²) >= 11 is 1.16. The molecule has 0 aliphatic carbocycles. The van der Waals surface area contributed by atoms with Crippen LogP contribution in [0.4, 0.5) is 5.69 Å². The van der Waals surface area contributed by atoms with Crippen LogP contribution in [0.25, 0.3) is 0 Å². The Hall–Kier alpha value is -3.14. The molecule has 0 fully saturated rings. The van der Waals surface area contributed by atoms with E-state index in [1.807, 2.05) is 19.9 Å². The first-order valence-electron chi connectivity index (χ1n) is 7.19. The predicted molar refractivity (Wildman–Crippen MR) is 91.7 cm³/mol. The first-order chi connectivity index (χ1) is 12.0. The highest BCUT2D eigenvalue weighted by molar-refractivity contribution is 7.99. The molecule has 0 amide bonds. The van der Waals surface area contributed by atoms with Crippen molar-refractivity contribution in [1.29, 1.82) is 0 Å². The Morgan fingerprint density at radius 2 is 1.84 bits per heavy atom. The summed E-state index contributed by atoms with van der Waals surface area (Å²) in [4.78, 5) is 20.1. The Kier molecular flexibility index (Phi) is 4.80. The van der Waals surface area contributed by atoms with Gasteiger partial charge in [-0.05, 0) is 37.7 Å². The van der Waals surface area contributed by atoms with Crippen LogP contribution in [0.5, 0.6) is 0 Å². The van der Waals surface area contributed by atoms with Crippen molar-refractivity contribution in [2.75, 3.05) is 0 Å². The maximum absolute atomic E-state index is 11.4. The summed E-state index contributed by atoms with van der Waals surface area (Å²) in [7, 11) is 0. The number of aromatic nitrogens is 5. The standard InChI is InChI=1S/C15H13N7O2S/c1-10-5-11(2)20-15(19-10)25-14-4-3-12(6-13(14)22(23)24)7-18-21-8-16-17-9-21/h3-9H,1-2H3/b18-7+. The van der Waals surface area contributed by atoms with Crippen LogP contribution in [-0.4, -0.2) is 36.0 Å². The number of nitrogens with zero attached hydrogens (tertiary/aromatic N) is 7. The van der Waals surface area contributed by atoms with E-state index in [0.29, 0.717) is 15.6 Å². The van der Waals surface area contributed by atoms with E-state index < -0.39 is 4.92 Å². The molecule has 126 valence electrons. The zero-order valence-electron chi connectivity index (χ0n) is 13.4. The normalized spacial score (nSPS) is 11.1. The van der Waals surface area contributed by atoms with Gasteiger partial charge in [0.1, 0.15) is 12.7 Å². The molecule has 2 aromatic heterocycles. The van der Waals surface area contributed by atoms with E-state index in [1.54, 1.807) is 12.1 Å². The van der Waals surface area contributed by atoms with E-state index >= 15 is 0 Å². The fraction of sp³-hybridized carbons (Fsp3) is 0.133. The van der Waals surface area contributed by atoms with Gasteiger partial charge >= 0.3 is 0 Å². The summed E-state index contributed by atoms with van der Waals surface area (Å²) in [6, 6.07) is 6.71. The van der Waals surface area contributed by atoms with Crippen molar-refractivity contribution in [1.82, 2.24) is 24.8 Å². The van der Waals surface area contributed by atoms with Crippen molar-refractivity contribution >= 4 is 23.7 Å². The fourth-order valence-corrected chi connectivity index (χ4v) is 3.02. The molecule has 0 spiro atoms. The van der Waals surface area contributed by atoms with Gasteiger partial charge in [-0.1, -0.05) is 6.07 Å². The van der Waals surface area contributed by atoms with Crippen LogP contribution < -0.4 is 0 Å². The molecule has 0 saturated heterocycles. The third kappa shape index (κ3) is 4.23. The third-order valence-corrected chi connectivity index (χ3v) is 4.02. The molecule has 0 atom stereocenters. The molecule has 0 unspecified atom stereocenters. The smallest absolute Gasteiger partial charge is 0.258 e. The van der Waals surface area contributed by atoms with Gasteiger partial charge in [0, 0.05) is 23.0 Å². The van der Waals surface area contributed by atoms with Gasteiger partial charge in [0.15, 0.2) is 5.16 Å². The summed E-state index contributed by atoms with van der Waals surface area (Å²) in [6.07, 6.45) is 4.34. The maximum atomic E-state index is 11.4. The second kappa shape index (κ2) is 7.18. The molecular formula is C15H13N7O2S. The number of aryl methyl sites for hydroxylation is 2. The predicted octanol–water partition coefficient (Wildman–Crippen LogP) is 2.63. The second-order valence-electron chi connectivity index (χ2n) is 5.11. The van der Waals surface area contributed by atoms with Crippen molar-refractivity contribution < 1.29 is 4.92 Å². The SMILES string of the molecule is Cc1cc(C)nc(Sc2ccc(/C=N/n3cnnc3)cc2[N+](=O)[O-])n1. The average molecular weight is 355 g/mol. The van der Waals surface area contributed by atoms with Crippen LogP contribution >= 0.6 is 11.8 Å². The second-order valence-corrected chi connectivity index (χ2v) is 6.12. The molecule has 0 bridgehead atoms. The molecule has 0 N–H and O–H groups in total. The Bertz CT molecular complexity index is 921. The molecule has 3 aromatic rings. The molecule has 10 heteroatoms. The first kappa shape index (κ1) is 16.7. The Balaban J connectivity index is 1.90. The number of benzene rings is 1. The zero-order valence-corrected chi connectivity index (χ0v) is 14.2. The minimum absolute atomic E-state index is 0.0273. The van der Waals surface area contributed by atoms with Gasteiger partial charge in [-0.25, -0.2) is 14.6 Å². The van der Waals surface area contributed by atoms with Gasteiger partial charge in [0.05, 0.1) is 16.0 Å². The van der Waals surface area contributed by atoms with Gasteiger partial charge in [0.2, 0.25) is 0 Å². The number of hydrogen-bond donors (Lipinski definition) is 0. The van der Waals surface area contributed by atoms with Gasteiger partial charge < -0.3 is 0 Å². The van der Waals surface area contributed by atoms with Gasteiger partial charge in [-0.3, -0.25) is 10.1 Å². The molecule has 9 nitrogen and oxygen atoms in total. The monoisotopic (exact) mass is 355 g/mol. The highest BCUT2D eigenvalue weighted by Gasteiger charge is 2.17. The average Bonchev–Trinajstić information content (AvgIpc) is 3.06. The lowest BCUT2D eigenvalue weighted by Crippen LogP contribution is -1.96. The molecular weight excluding hydrogens is 342 g/mol. The molecule has 0 aliphatic rings. The Morgan fingerprint density at radius 1 is 1.16 bits per heavy atom. The van der Waals surface area contributed by atoms with E-state index in [9.17, 15) is 10.1 Å². The number of nitro groups is 1. The highest BCUT2D eigenvalue weighted by atomic mass is 32.2. The van der Waals surface area contributed by atoms with E-state index in [0.717, 1.165) is 23.1 Å². The van der Waals surface area contributed by atoms with Crippen molar-refractivity contribution in [2.24, 2.45) is 5.10 Å². The number of nitro benzene ring substituents is 1. The van der Waals surface area contributed by atoms with E-state index in [1.165, 1.54) is 29.6 Å². The van der Waals surface area contributed by atoms with E-state index in [2.05, 4.69) is 25.3 Å². The van der Waals surface area contributed by atoms with Crippen LogP contribution in [0.2, 0.25) is 0 Å². The fourth-order valence-electron chi connectivity index (χ4n) is 2.07. The first-order valence-corrected chi connectivity index (χ1v) is 8.00. The summed E-state index contributed by atoms with van der Waals surface area (Å²) in [5.41, 5.74) is 2.19. The third-order valence-electron chi connectivity index (χ3n) is 3.09. The Labute approximate surface area is 147 Å². The zero-order chi connectivity index (χ0) is 17.8. The highest BCUT2D eigenvalue weighted by Crippen LogP contribution is 2.33. The summed E-state index contributed by atoms with van der Waals surface area (Å²) in [5, 5.41) is 23.2. The van der Waals surface area contributed by atoms with Gasteiger partial charge in [-0.15, -0.1) is 10.2 Å². The lowest BCUT2D eigenvalue weighted by Gasteiger charge is -2.05. The minimum atomic E-state index is -0.429. The van der Waals surface area contributed by atoms with Crippen molar-refractivity contribution in [3.8, 4) is 0 Å². The van der Waals surface area contributed by atoms with Gasteiger partial charge in [-0.2, -0.15) is 5.10 Å². The van der Waals surface area contributed by atoms with E-state index in [4.69, 9.17) is 0 Å². The van der Waals surface area contributed by atoms with Gasteiger partial charge in [0.25, 0.3) is 5.69 Å². The minimum Gasteiger partial charge on any atom is -0.258 e. The molecule has 0 saturated carbocycles. The quantitative estimate of drug-likeness (QED) is 0.299. The molecule has 0 radical (unpaired) electrons. The van der Waals surface area contributed by atoms with Crippen LogP contribution in [0.3, 0.4) is 0 Å². The van der Waals surface area contributed by atoms with Crippen LogP contribution in [0.1, 0.15) is 17.0 Å². The molecule has 1 aromatic carbocycles. The number of hydrogen-bond acceptors (Lipinski definition) is 8. The number of rotatable bonds is 5. The largest absolute Gasteiger partial charge is 0.283 e. The van der Waals surface area contributed by atoms with Crippen molar-refractivity contribution in [2.45, 2.75) is 23.9 Å². The van der Waals surface area contributed by atoms with Crippen molar-refractivity contribution in [3.05, 3.63) is 64.0 Å². The molecule has 3 rings (SSSR count). The lowest BCUT2D eigenvalue weighted by molar-refractivity contribution is -0.387. The maximum Gasteiger partial charge on any atom is 0.283 e. The van der Waals surface area contributed by atoms with Crippen LogP contribution in [-0.2, 0) is 0 Å². The van der Waals surface area contributed by atoms with Crippen LogP contribution in [0, 0.1) is 24.0 Å². The topological polar surface area (TPSA) is 112 Å². The summed E-state index contributed by atoms with van der Waals surface area (Å²) in [5.74, 6) is 0. The Morgan fingerprint density at radius 3 is 2.48 bits per heavy atom. The van der Waals surface area contributed by atoms with Crippen LogP contribution in [0.15, 0.2) is 52.1 Å². The van der Waals surface area contributed by atoms with Crippen molar-refractivity contribution in [3.63, 3.8) is 0 Å². The molecule has 0 aliphatic heterocycles. The molecule has 2 heterocycles. The van der Waals surface area contributed by atoms with E-state index in [-0.39, 0.29) is 5.69 Å².